The third kappa shape index (κ3) is 2.20. The summed E-state index contributed by atoms with van der Waals surface area (Å²) in [4.78, 5) is 31.4. The lowest BCUT2D eigenvalue weighted by Gasteiger charge is -2.48. The Bertz CT molecular complexity index is 580. The first kappa shape index (κ1) is 14.0. The van der Waals surface area contributed by atoms with E-state index in [0.717, 1.165) is 18.5 Å². The van der Waals surface area contributed by atoms with Gasteiger partial charge in [0.15, 0.2) is 0 Å². The van der Waals surface area contributed by atoms with Gasteiger partial charge in [-0.1, -0.05) is 6.07 Å². The molecule has 1 aromatic rings. The molecule has 1 aromatic heterocycles. The van der Waals surface area contributed by atoms with Crippen molar-refractivity contribution in [3.05, 3.63) is 30.1 Å². The number of carbonyl (C=O) groups is 2. The quantitative estimate of drug-likeness (QED) is 0.916. The number of hydrogen-bond acceptors (Lipinski definition) is 3. The van der Waals surface area contributed by atoms with Crippen LogP contribution in [0, 0.1) is 5.92 Å². The highest BCUT2D eigenvalue weighted by Crippen LogP contribution is 2.43. The van der Waals surface area contributed by atoms with Crippen LogP contribution >= 0.6 is 0 Å². The highest BCUT2D eigenvalue weighted by molar-refractivity contribution is 6.02. The smallest absolute Gasteiger partial charge is 0.249 e. The minimum atomic E-state index is -0.858. The fraction of sp³-hybridized carbons (Fsp3) is 0.562. The molecule has 0 bridgehead atoms. The Morgan fingerprint density at radius 1 is 1.29 bits per heavy atom. The van der Waals surface area contributed by atoms with Gasteiger partial charge in [0.1, 0.15) is 11.1 Å². The van der Waals surface area contributed by atoms with E-state index in [2.05, 4.69) is 10.3 Å². The maximum absolute atomic E-state index is 13.0. The zero-order chi connectivity index (χ0) is 15.3. The molecule has 1 aliphatic heterocycles. The Labute approximate surface area is 124 Å². The van der Waals surface area contributed by atoms with E-state index in [0.29, 0.717) is 6.54 Å². The Morgan fingerprint density at radius 3 is 2.57 bits per heavy atom. The van der Waals surface area contributed by atoms with Crippen molar-refractivity contribution in [2.75, 3.05) is 0 Å². The predicted octanol–water partition coefficient (Wildman–Crippen LogP) is 1.49. The highest BCUT2D eigenvalue weighted by atomic mass is 16.2. The zero-order valence-corrected chi connectivity index (χ0v) is 12.7. The second kappa shape index (κ2) is 4.55. The van der Waals surface area contributed by atoms with Crippen LogP contribution in [0.3, 0.4) is 0 Å². The molecule has 2 fully saturated rings. The third-order valence-corrected chi connectivity index (χ3v) is 4.73. The average Bonchev–Trinajstić information content (AvgIpc) is 3.28. The van der Waals surface area contributed by atoms with E-state index < -0.39 is 11.1 Å². The summed E-state index contributed by atoms with van der Waals surface area (Å²) >= 11 is 0. The molecule has 5 heteroatoms. The molecule has 2 heterocycles. The monoisotopic (exact) mass is 287 g/mol. The molecular weight excluding hydrogens is 266 g/mol. The summed E-state index contributed by atoms with van der Waals surface area (Å²) in [5, 5.41) is 2.96. The van der Waals surface area contributed by atoms with Crippen molar-refractivity contribution < 1.29 is 9.59 Å². The van der Waals surface area contributed by atoms with Gasteiger partial charge in [-0.2, -0.15) is 0 Å². The van der Waals surface area contributed by atoms with Crippen LogP contribution in [-0.4, -0.2) is 32.8 Å². The van der Waals surface area contributed by atoms with Crippen molar-refractivity contribution >= 4 is 11.8 Å². The van der Waals surface area contributed by atoms with E-state index in [-0.39, 0.29) is 17.7 Å². The number of hydrogen-bond donors (Lipinski definition) is 1. The molecule has 112 valence electrons. The molecule has 2 amide bonds. The van der Waals surface area contributed by atoms with E-state index >= 15 is 0 Å². The number of nitrogens with one attached hydrogen (secondary N) is 1. The SMILES string of the molecule is CC1(C2CC2)NC(=O)C(C)(C)N(Cc2ccccn2)C1=O. The zero-order valence-electron chi connectivity index (χ0n) is 12.7. The van der Waals surface area contributed by atoms with Crippen molar-refractivity contribution in [1.29, 1.82) is 0 Å². The Hall–Kier alpha value is -1.91. The van der Waals surface area contributed by atoms with Crippen LogP contribution < -0.4 is 5.32 Å². The molecule has 1 saturated carbocycles. The lowest BCUT2D eigenvalue weighted by atomic mass is 9.85. The number of pyridine rings is 1. The minimum Gasteiger partial charge on any atom is -0.340 e. The summed E-state index contributed by atoms with van der Waals surface area (Å²) in [6.45, 7) is 5.79. The van der Waals surface area contributed by atoms with Gasteiger partial charge in [-0.3, -0.25) is 14.6 Å². The van der Waals surface area contributed by atoms with Gasteiger partial charge in [-0.25, -0.2) is 0 Å². The lowest BCUT2D eigenvalue weighted by Crippen LogP contribution is -2.73. The highest BCUT2D eigenvalue weighted by Gasteiger charge is 2.57. The van der Waals surface area contributed by atoms with E-state index in [9.17, 15) is 9.59 Å². The van der Waals surface area contributed by atoms with Gasteiger partial charge in [0, 0.05) is 6.20 Å². The summed E-state index contributed by atoms with van der Waals surface area (Å²) < 4.78 is 0. The molecule has 1 unspecified atom stereocenters. The number of nitrogens with zero attached hydrogens (tertiary/aromatic N) is 2. The molecule has 1 saturated heterocycles. The van der Waals surface area contributed by atoms with Crippen LogP contribution in [0.2, 0.25) is 0 Å². The van der Waals surface area contributed by atoms with E-state index in [1.807, 2.05) is 25.1 Å². The van der Waals surface area contributed by atoms with Gasteiger partial charge >= 0.3 is 0 Å². The van der Waals surface area contributed by atoms with E-state index in [1.165, 1.54) is 0 Å². The Balaban J connectivity index is 1.94. The van der Waals surface area contributed by atoms with Crippen LogP contribution in [0.25, 0.3) is 0 Å². The molecule has 1 N–H and O–H groups in total. The first-order valence-electron chi connectivity index (χ1n) is 7.40. The Kier molecular flexibility index (Phi) is 3.04. The largest absolute Gasteiger partial charge is 0.340 e. The number of aromatic nitrogens is 1. The molecule has 1 aliphatic carbocycles. The van der Waals surface area contributed by atoms with Crippen LogP contribution in [0.1, 0.15) is 39.3 Å². The molecule has 0 spiro atoms. The molecule has 21 heavy (non-hydrogen) atoms. The minimum absolute atomic E-state index is 0.000234. The van der Waals surface area contributed by atoms with Crippen molar-refractivity contribution in [3.8, 4) is 0 Å². The molecule has 1 atom stereocenters. The van der Waals surface area contributed by atoms with Gasteiger partial charge in [0.05, 0.1) is 12.2 Å². The summed E-state index contributed by atoms with van der Waals surface area (Å²) in [7, 11) is 0. The maximum Gasteiger partial charge on any atom is 0.249 e. The third-order valence-electron chi connectivity index (χ3n) is 4.73. The summed E-state index contributed by atoms with van der Waals surface area (Å²) in [6, 6.07) is 5.61. The molecule has 0 radical (unpaired) electrons. The van der Waals surface area contributed by atoms with Crippen LogP contribution in [0.5, 0.6) is 0 Å². The van der Waals surface area contributed by atoms with Crippen LogP contribution in [0.4, 0.5) is 0 Å². The number of amides is 2. The van der Waals surface area contributed by atoms with Crippen molar-refractivity contribution in [1.82, 2.24) is 15.2 Å². The number of rotatable bonds is 3. The van der Waals surface area contributed by atoms with Gasteiger partial charge in [-0.05, 0) is 51.7 Å². The molecule has 0 aromatic carbocycles. The summed E-state index contributed by atoms with van der Waals surface area (Å²) in [5.41, 5.74) is -0.823. The van der Waals surface area contributed by atoms with Gasteiger partial charge in [0.2, 0.25) is 11.8 Å². The number of carbonyl (C=O) groups excluding carboxylic acids is 2. The average molecular weight is 287 g/mol. The predicted molar refractivity (Wildman–Crippen MR) is 78.1 cm³/mol. The summed E-state index contributed by atoms with van der Waals surface area (Å²) in [5.74, 6) is 0.170. The van der Waals surface area contributed by atoms with E-state index in [4.69, 9.17) is 0 Å². The van der Waals surface area contributed by atoms with Gasteiger partial charge in [0.25, 0.3) is 0 Å². The normalized spacial score (nSPS) is 28.4. The first-order chi connectivity index (χ1) is 9.85. The van der Waals surface area contributed by atoms with Crippen molar-refractivity contribution in [3.63, 3.8) is 0 Å². The summed E-state index contributed by atoms with van der Waals surface area (Å²) in [6.07, 6.45) is 3.71. The second-order valence-electron chi connectivity index (χ2n) is 6.70. The van der Waals surface area contributed by atoms with Crippen molar-refractivity contribution in [2.24, 2.45) is 5.92 Å². The standard InChI is InChI=1S/C16H21N3O2/c1-15(2)13(20)18-16(3,11-7-8-11)14(21)19(15)10-12-6-4-5-9-17-12/h4-6,9,11H,7-8,10H2,1-3H3,(H,18,20). The molecular formula is C16H21N3O2. The number of piperazine rings is 1. The van der Waals surface area contributed by atoms with Gasteiger partial charge in [-0.15, -0.1) is 0 Å². The Morgan fingerprint density at radius 2 is 2.00 bits per heavy atom. The van der Waals surface area contributed by atoms with Crippen LogP contribution in [-0.2, 0) is 16.1 Å². The first-order valence-corrected chi connectivity index (χ1v) is 7.40. The maximum atomic E-state index is 13.0. The van der Waals surface area contributed by atoms with E-state index in [1.54, 1.807) is 24.9 Å². The van der Waals surface area contributed by atoms with Crippen LogP contribution in [0.15, 0.2) is 24.4 Å². The van der Waals surface area contributed by atoms with Gasteiger partial charge < -0.3 is 10.2 Å². The molecule has 3 rings (SSSR count). The fourth-order valence-corrected chi connectivity index (χ4v) is 2.96. The fourth-order valence-electron chi connectivity index (χ4n) is 2.96. The molecule has 5 nitrogen and oxygen atoms in total. The lowest BCUT2D eigenvalue weighted by molar-refractivity contribution is -0.162. The molecule has 2 aliphatic rings. The van der Waals surface area contributed by atoms with Crippen molar-refractivity contribution in [2.45, 2.75) is 51.2 Å². The second-order valence-corrected chi connectivity index (χ2v) is 6.70. The topological polar surface area (TPSA) is 62.3 Å².